The van der Waals surface area contributed by atoms with Crippen LogP contribution in [0.25, 0.3) is 0 Å². The minimum atomic E-state index is -2.78. The van der Waals surface area contributed by atoms with Crippen LogP contribution in [0.15, 0.2) is 35.9 Å². The van der Waals surface area contributed by atoms with Gasteiger partial charge in [-0.1, -0.05) is 23.8 Å². The van der Waals surface area contributed by atoms with Crippen LogP contribution in [0.1, 0.15) is 12.0 Å². The molecule has 21 heavy (non-hydrogen) atoms. The van der Waals surface area contributed by atoms with Gasteiger partial charge in [0.2, 0.25) is 0 Å². The maximum absolute atomic E-state index is 12.3. The van der Waals surface area contributed by atoms with Crippen molar-refractivity contribution in [1.82, 2.24) is 4.90 Å². The van der Waals surface area contributed by atoms with E-state index in [-0.39, 0.29) is 5.75 Å². The van der Waals surface area contributed by atoms with Gasteiger partial charge in [-0.05, 0) is 37.6 Å². The summed E-state index contributed by atoms with van der Waals surface area (Å²) in [6.07, 6.45) is 3.99. The van der Waals surface area contributed by atoms with Gasteiger partial charge in [-0.25, -0.2) is 0 Å². The SMILES string of the molecule is CN1C2C=C(Cc3cccc(OC(F)F)c3)CC1COC2. The van der Waals surface area contributed by atoms with Crippen molar-refractivity contribution < 1.29 is 18.3 Å². The number of rotatable bonds is 4. The molecule has 1 aromatic carbocycles. The Morgan fingerprint density at radius 2 is 2.24 bits per heavy atom. The monoisotopic (exact) mass is 295 g/mol. The number of benzene rings is 1. The molecular formula is C16H19F2NO2. The van der Waals surface area contributed by atoms with E-state index in [1.54, 1.807) is 18.2 Å². The highest BCUT2D eigenvalue weighted by Crippen LogP contribution is 2.28. The second-order valence-corrected chi connectivity index (χ2v) is 5.66. The Hall–Kier alpha value is -1.46. The first-order valence-electron chi connectivity index (χ1n) is 7.15. The highest BCUT2D eigenvalue weighted by molar-refractivity contribution is 5.32. The average molecular weight is 295 g/mol. The highest BCUT2D eigenvalue weighted by atomic mass is 19.3. The summed E-state index contributed by atoms with van der Waals surface area (Å²) >= 11 is 0. The summed E-state index contributed by atoms with van der Waals surface area (Å²) in [5.41, 5.74) is 2.35. The molecule has 3 rings (SSSR count). The van der Waals surface area contributed by atoms with Gasteiger partial charge in [0, 0.05) is 6.04 Å². The maximum atomic E-state index is 12.3. The molecule has 2 aliphatic heterocycles. The van der Waals surface area contributed by atoms with Gasteiger partial charge < -0.3 is 9.47 Å². The normalized spacial score (nSPS) is 25.8. The van der Waals surface area contributed by atoms with Crippen LogP contribution in [0.2, 0.25) is 0 Å². The summed E-state index contributed by atoms with van der Waals surface area (Å²) in [4.78, 5) is 2.35. The lowest BCUT2D eigenvalue weighted by molar-refractivity contribution is -0.0498. The van der Waals surface area contributed by atoms with E-state index in [1.807, 2.05) is 6.07 Å². The summed E-state index contributed by atoms with van der Waals surface area (Å²) in [5.74, 6) is 0.222. The van der Waals surface area contributed by atoms with Crippen LogP contribution in [-0.4, -0.2) is 43.9 Å². The molecule has 2 aliphatic rings. The molecule has 5 heteroatoms. The van der Waals surface area contributed by atoms with Crippen molar-refractivity contribution in [3.63, 3.8) is 0 Å². The lowest BCUT2D eigenvalue weighted by Gasteiger charge is -2.42. The molecule has 2 heterocycles. The molecule has 0 amide bonds. The van der Waals surface area contributed by atoms with Crippen molar-refractivity contribution >= 4 is 0 Å². The second-order valence-electron chi connectivity index (χ2n) is 5.66. The van der Waals surface area contributed by atoms with Gasteiger partial charge in [0.1, 0.15) is 5.75 Å². The van der Waals surface area contributed by atoms with Crippen LogP contribution < -0.4 is 4.74 Å². The summed E-state index contributed by atoms with van der Waals surface area (Å²) < 4.78 is 34.5. The van der Waals surface area contributed by atoms with Crippen LogP contribution in [0.3, 0.4) is 0 Å². The topological polar surface area (TPSA) is 21.7 Å². The molecular weight excluding hydrogens is 276 g/mol. The third kappa shape index (κ3) is 3.41. The van der Waals surface area contributed by atoms with Gasteiger partial charge in [-0.3, -0.25) is 4.90 Å². The van der Waals surface area contributed by atoms with Crippen molar-refractivity contribution in [1.29, 1.82) is 0 Å². The maximum Gasteiger partial charge on any atom is 0.387 e. The predicted octanol–water partition coefficient (Wildman–Crippen LogP) is 2.86. The van der Waals surface area contributed by atoms with Crippen molar-refractivity contribution in [3.8, 4) is 5.75 Å². The molecule has 2 atom stereocenters. The van der Waals surface area contributed by atoms with Crippen molar-refractivity contribution in [3.05, 3.63) is 41.5 Å². The van der Waals surface area contributed by atoms with Gasteiger partial charge in [0.15, 0.2) is 0 Å². The van der Waals surface area contributed by atoms with Gasteiger partial charge in [0.05, 0.1) is 19.3 Å². The largest absolute Gasteiger partial charge is 0.435 e. The minimum Gasteiger partial charge on any atom is -0.435 e. The zero-order valence-corrected chi connectivity index (χ0v) is 12.0. The Bertz CT molecular complexity index is 533. The average Bonchev–Trinajstić information content (AvgIpc) is 2.39. The lowest BCUT2D eigenvalue weighted by atomic mass is 9.91. The minimum absolute atomic E-state index is 0.222. The quantitative estimate of drug-likeness (QED) is 0.797. The first kappa shape index (κ1) is 14.5. The van der Waals surface area contributed by atoms with Crippen LogP contribution >= 0.6 is 0 Å². The number of alkyl halides is 2. The molecule has 0 radical (unpaired) electrons. The third-order valence-corrected chi connectivity index (χ3v) is 4.18. The Morgan fingerprint density at radius 1 is 1.38 bits per heavy atom. The zero-order valence-electron chi connectivity index (χ0n) is 12.0. The third-order valence-electron chi connectivity index (χ3n) is 4.18. The van der Waals surface area contributed by atoms with Crippen LogP contribution in [0.5, 0.6) is 5.75 Å². The Balaban J connectivity index is 1.72. The summed E-state index contributed by atoms with van der Waals surface area (Å²) in [6.45, 7) is -1.29. The molecule has 3 nitrogen and oxygen atoms in total. The molecule has 1 fully saturated rings. The van der Waals surface area contributed by atoms with Gasteiger partial charge in [0.25, 0.3) is 0 Å². The van der Waals surface area contributed by atoms with E-state index in [0.29, 0.717) is 12.1 Å². The van der Waals surface area contributed by atoms with Crippen molar-refractivity contribution in [2.24, 2.45) is 0 Å². The number of morpholine rings is 1. The standard InChI is InChI=1S/C16H19F2NO2/c1-19-13-6-12(7-14(19)10-20-9-13)5-11-3-2-4-15(8-11)21-16(17)18/h2-4,6,8,13-14,16H,5,7,9-10H2,1H3. The zero-order chi connectivity index (χ0) is 14.8. The number of hydrogen-bond acceptors (Lipinski definition) is 3. The lowest BCUT2D eigenvalue weighted by Crippen LogP contribution is -2.51. The number of ether oxygens (including phenoxy) is 2. The van der Waals surface area contributed by atoms with Gasteiger partial charge in [-0.2, -0.15) is 8.78 Å². The summed E-state index contributed by atoms with van der Waals surface area (Å²) in [6, 6.07) is 7.70. The van der Waals surface area contributed by atoms with Gasteiger partial charge >= 0.3 is 6.61 Å². The van der Waals surface area contributed by atoms with Crippen molar-refractivity contribution in [2.75, 3.05) is 20.3 Å². The van der Waals surface area contributed by atoms with Crippen LogP contribution in [-0.2, 0) is 11.2 Å². The molecule has 0 aromatic heterocycles. The van der Waals surface area contributed by atoms with E-state index < -0.39 is 6.61 Å². The molecule has 114 valence electrons. The Morgan fingerprint density at radius 3 is 3.00 bits per heavy atom. The Labute approximate surface area is 123 Å². The first-order valence-corrected chi connectivity index (χ1v) is 7.15. The molecule has 2 unspecified atom stereocenters. The Kier molecular flexibility index (Phi) is 4.22. The van der Waals surface area contributed by atoms with E-state index >= 15 is 0 Å². The molecule has 0 N–H and O–H groups in total. The smallest absolute Gasteiger partial charge is 0.387 e. The highest BCUT2D eigenvalue weighted by Gasteiger charge is 2.31. The van der Waals surface area contributed by atoms with Crippen LogP contribution in [0, 0.1) is 0 Å². The van der Waals surface area contributed by atoms with E-state index in [0.717, 1.165) is 31.6 Å². The summed E-state index contributed by atoms with van der Waals surface area (Å²) in [5, 5.41) is 0. The molecule has 0 spiro atoms. The predicted molar refractivity (Wildman–Crippen MR) is 75.6 cm³/mol. The molecule has 2 bridgehead atoms. The second kappa shape index (κ2) is 6.12. The van der Waals surface area contributed by atoms with Gasteiger partial charge in [-0.15, -0.1) is 0 Å². The number of fused-ring (bicyclic) bond motifs is 2. The number of hydrogen-bond donors (Lipinski definition) is 0. The number of likely N-dealkylation sites (N-methyl/N-ethyl adjacent to an activating group) is 1. The molecule has 1 saturated heterocycles. The number of nitrogens with zero attached hydrogens (tertiary/aromatic N) is 1. The van der Waals surface area contributed by atoms with E-state index in [9.17, 15) is 8.78 Å². The van der Waals surface area contributed by atoms with Crippen molar-refractivity contribution in [2.45, 2.75) is 31.5 Å². The molecule has 0 saturated carbocycles. The van der Waals surface area contributed by atoms with E-state index in [4.69, 9.17) is 4.74 Å². The van der Waals surface area contributed by atoms with Crippen LogP contribution in [0.4, 0.5) is 8.78 Å². The summed E-state index contributed by atoms with van der Waals surface area (Å²) in [7, 11) is 2.13. The van der Waals surface area contributed by atoms with E-state index in [1.165, 1.54) is 5.57 Å². The molecule has 0 aliphatic carbocycles. The van der Waals surface area contributed by atoms with E-state index in [2.05, 4.69) is 22.8 Å². The fraction of sp³-hybridized carbons (Fsp3) is 0.500. The fourth-order valence-corrected chi connectivity index (χ4v) is 3.07. The fourth-order valence-electron chi connectivity index (χ4n) is 3.07. The molecule has 1 aromatic rings. The number of halogens is 2. The first-order chi connectivity index (χ1) is 10.1.